The number of thiophene rings is 1. The highest BCUT2D eigenvalue weighted by molar-refractivity contribution is 7.12. The summed E-state index contributed by atoms with van der Waals surface area (Å²) in [5, 5.41) is 7.38. The fourth-order valence-electron chi connectivity index (χ4n) is 2.53. The molecule has 1 aliphatic rings. The van der Waals surface area contributed by atoms with Gasteiger partial charge in [-0.3, -0.25) is 19.8 Å². The molecule has 5 amide bonds. The highest BCUT2D eigenvalue weighted by Crippen LogP contribution is 2.27. The molecule has 9 heteroatoms. The van der Waals surface area contributed by atoms with Gasteiger partial charge in [0, 0.05) is 0 Å². The molecule has 1 aliphatic heterocycles. The van der Waals surface area contributed by atoms with E-state index < -0.39 is 29.3 Å². The van der Waals surface area contributed by atoms with Crippen molar-refractivity contribution in [3.05, 3.63) is 58.3 Å². The summed E-state index contributed by atoms with van der Waals surface area (Å²) in [6.07, 6.45) is 0. The molecule has 3 rings (SSSR count). The number of amides is 5. The predicted molar refractivity (Wildman–Crippen MR) is 94.0 cm³/mol. The summed E-state index contributed by atoms with van der Waals surface area (Å²) in [6, 6.07) is 11.3. The third-order valence-electron chi connectivity index (χ3n) is 3.93. The van der Waals surface area contributed by atoms with Gasteiger partial charge >= 0.3 is 6.03 Å². The van der Waals surface area contributed by atoms with Gasteiger partial charge in [0.15, 0.2) is 0 Å². The molecule has 0 radical (unpaired) electrons. The van der Waals surface area contributed by atoms with Crippen LogP contribution in [0.4, 0.5) is 4.79 Å². The van der Waals surface area contributed by atoms with Crippen molar-refractivity contribution in [2.24, 2.45) is 0 Å². The van der Waals surface area contributed by atoms with Crippen LogP contribution in [0.5, 0.6) is 0 Å². The summed E-state index contributed by atoms with van der Waals surface area (Å²) >= 11 is 1.24. The van der Waals surface area contributed by atoms with Crippen molar-refractivity contribution in [1.29, 1.82) is 0 Å². The molecule has 26 heavy (non-hydrogen) atoms. The van der Waals surface area contributed by atoms with Gasteiger partial charge in [0.1, 0.15) is 5.54 Å². The lowest BCUT2D eigenvalue weighted by Crippen LogP contribution is -2.50. The molecular weight excluding hydrogens is 356 g/mol. The van der Waals surface area contributed by atoms with Crippen molar-refractivity contribution in [3.8, 4) is 0 Å². The highest BCUT2D eigenvalue weighted by atomic mass is 32.1. The number of rotatable bonds is 5. The molecule has 1 fully saturated rings. The van der Waals surface area contributed by atoms with Crippen LogP contribution in [0.2, 0.25) is 0 Å². The SMILES string of the molecule is CC1(c2ccccc2)NC(=O)N(NC(=O)CNC(=O)c2cccs2)C1=O. The van der Waals surface area contributed by atoms with Gasteiger partial charge in [-0.1, -0.05) is 36.4 Å². The first kappa shape index (κ1) is 17.6. The number of hydrogen-bond donors (Lipinski definition) is 3. The zero-order valence-electron chi connectivity index (χ0n) is 13.8. The third kappa shape index (κ3) is 3.29. The largest absolute Gasteiger partial charge is 0.344 e. The normalized spacial score (nSPS) is 19.2. The Kier molecular flexibility index (Phi) is 4.72. The van der Waals surface area contributed by atoms with Gasteiger partial charge in [0.05, 0.1) is 11.4 Å². The van der Waals surface area contributed by atoms with Gasteiger partial charge in [-0.05, 0) is 23.9 Å². The van der Waals surface area contributed by atoms with E-state index in [0.717, 1.165) is 0 Å². The number of nitrogens with one attached hydrogen (secondary N) is 3. The van der Waals surface area contributed by atoms with Crippen LogP contribution in [-0.4, -0.2) is 35.3 Å². The maximum Gasteiger partial charge on any atom is 0.344 e. The molecule has 2 heterocycles. The average Bonchev–Trinajstić information content (AvgIpc) is 3.25. The van der Waals surface area contributed by atoms with E-state index in [1.807, 2.05) is 0 Å². The van der Waals surface area contributed by atoms with Crippen LogP contribution in [0, 0.1) is 0 Å². The second-order valence-corrected chi connectivity index (χ2v) is 6.70. The van der Waals surface area contributed by atoms with E-state index in [0.29, 0.717) is 15.4 Å². The Bertz CT molecular complexity index is 853. The molecule has 1 aromatic carbocycles. The summed E-state index contributed by atoms with van der Waals surface area (Å²) in [5.41, 5.74) is 1.55. The highest BCUT2D eigenvalue weighted by Gasteiger charge is 2.49. The summed E-state index contributed by atoms with van der Waals surface area (Å²) in [4.78, 5) is 49.1. The van der Waals surface area contributed by atoms with Crippen LogP contribution in [0.3, 0.4) is 0 Å². The van der Waals surface area contributed by atoms with Crippen molar-refractivity contribution in [2.45, 2.75) is 12.5 Å². The quantitative estimate of drug-likeness (QED) is 0.680. The minimum atomic E-state index is -1.27. The third-order valence-corrected chi connectivity index (χ3v) is 4.80. The minimum absolute atomic E-state index is 0.365. The van der Waals surface area contributed by atoms with E-state index in [4.69, 9.17) is 0 Å². The number of carbonyl (C=O) groups is 4. The van der Waals surface area contributed by atoms with E-state index >= 15 is 0 Å². The number of hydrazine groups is 1. The number of urea groups is 1. The Morgan fingerprint density at radius 3 is 2.54 bits per heavy atom. The number of nitrogens with zero attached hydrogens (tertiary/aromatic N) is 1. The Morgan fingerprint density at radius 1 is 1.15 bits per heavy atom. The van der Waals surface area contributed by atoms with Crippen LogP contribution >= 0.6 is 11.3 Å². The van der Waals surface area contributed by atoms with E-state index in [1.54, 1.807) is 54.8 Å². The molecule has 0 spiro atoms. The zero-order valence-corrected chi connectivity index (χ0v) is 14.6. The maximum atomic E-state index is 12.6. The minimum Gasteiger partial charge on any atom is -0.342 e. The molecule has 1 unspecified atom stereocenters. The van der Waals surface area contributed by atoms with Crippen LogP contribution in [0.1, 0.15) is 22.2 Å². The van der Waals surface area contributed by atoms with Crippen LogP contribution in [-0.2, 0) is 15.1 Å². The molecule has 0 bridgehead atoms. The van der Waals surface area contributed by atoms with Crippen LogP contribution in [0.25, 0.3) is 0 Å². The summed E-state index contributed by atoms with van der Waals surface area (Å²) in [7, 11) is 0. The molecule has 134 valence electrons. The first-order valence-electron chi connectivity index (χ1n) is 7.75. The van der Waals surface area contributed by atoms with Gasteiger partial charge in [-0.15, -0.1) is 11.3 Å². The predicted octanol–water partition coefficient (Wildman–Crippen LogP) is 0.976. The summed E-state index contributed by atoms with van der Waals surface area (Å²) in [5.74, 6) is -1.69. The fraction of sp³-hybridized carbons (Fsp3) is 0.176. The molecule has 0 aliphatic carbocycles. The molecule has 1 atom stereocenters. The van der Waals surface area contributed by atoms with Crippen LogP contribution < -0.4 is 16.1 Å². The van der Waals surface area contributed by atoms with E-state index in [2.05, 4.69) is 16.1 Å². The first-order chi connectivity index (χ1) is 12.4. The van der Waals surface area contributed by atoms with Gasteiger partial charge in [-0.2, -0.15) is 5.01 Å². The molecular formula is C17H16N4O4S. The standard InChI is InChI=1S/C17H16N4O4S/c1-17(11-6-3-2-4-7-11)15(24)21(16(25)19-17)20-13(22)10-18-14(23)12-8-5-9-26-12/h2-9H,10H2,1H3,(H,18,23)(H,19,25)(H,20,22). The van der Waals surface area contributed by atoms with Crippen LogP contribution in [0.15, 0.2) is 47.8 Å². The average molecular weight is 372 g/mol. The van der Waals surface area contributed by atoms with Gasteiger partial charge in [0.25, 0.3) is 17.7 Å². The summed E-state index contributed by atoms with van der Waals surface area (Å²) < 4.78 is 0. The lowest BCUT2D eigenvalue weighted by molar-refractivity contribution is -0.138. The maximum absolute atomic E-state index is 12.6. The molecule has 2 aromatic rings. The molecule has 3 N–H and O–H groups in total. The van der Waals surface area contributed by atoms with Gasteiger partial charge in [0.2, 0.25) is 0 Å². The molecule has 8 nitrogen and oxygen atoms in total. The molecule has 0 saturated carbocycles. The van der Waals surface area contributed by atoms with Gasteiger partial charge in [-0.25, -0.2) is 4.79 Å². The van der Waals surface area contributed by atoms with E-state index in [1.165, 1.54) is 11.3 Å². The Hall–Kier alpha value is -3.20. The number of carbonyl (C=O) groups excluding carboxylic acids is 4. The second kappa shape index (κ2) is 6.96. The topological polar surface area (TPSA) is 108 Å². The monoisotopic (exact) mass is 372 g/mol. The Balaban J connectivity index is 1.63. The van der Waals surface area contributed by atoms with Gasteiger partial charge < -0.3 is 10.6 Å². The second-order valence-electron chi connectivity index (χ2n) is 5.76. The zero-order chi connectivity index (χ0) is 18.7. The van der Waals surface area contributed by atoms with Crippen molar-refractivity contribution < 1.29 is 19.2 Å². The van der Waals surface area contributed by atoms with Crippen molar-refractivity contribution in [2.75, 3.05) is 6.54 Å². The Labute approximate surface area is 153 Å². The molecule has 1 aromatic heterocycles. The number of benzene rings is 1. The summed E-state index contributed by atoms with van der Waals surface area (Å²) in [6.45, 7) is 1.20. The van der Waals surface area contributed by atoms with Crippen molar-refractivity contribution >= 4 is 35.1 Å². The lowest BCUT2D eigenvalue weighted by atomic mass is 9.92. The van der Waals surface area contributed by atoms with Crippen molar-refractivity contribution in [3.63, 3.8) is 0 Å². The van der Waals surface area contributed by atoms with E-state index in [-0.39, 0.29) is 6.54 Å². The van der Waals surface area contributed by atoms with Crippen molar-refractivity contribution in [1.82, 2.24) is 21.1 Å². The molecule has 1 saturated heterocycles. The Morgan fingerprint density at radius 2 is 1.88 bits per heavy atom. The fourth-order valence-corrected chi connectivity index (χ4v) is 3.17. The number of imide groups is 1. The first-order valence-corrected chi connectivity index (χ1v) is 8.63. The lowest BCUT2D eigenvalue weighted by Gasteiger charge is -2.22. The number of hydrogen-bond acceptors (Lipinski definition) is 5. The van der Waals surface area contributed by atoms with E-state index in [9.17, 15) is 19.2 Å². The smallest absolute Gasteiger partial charge is 0.342 e.